The molecule has 0 aromatic heterocycles. The lowest BCUT2D eigenvalue weighted by Gasteiger charge is -2.16. The van der Waals surface area contributed by atoms with Gasteiger partial charge in [-0.2, -0.15) is 0 Å². The van der Waals surface area contributed by atoms with Crippen molar-refractivity contribution in [2.24, 2.45) is 0 Å². The topological polar surface area (TPSA) is 63.5 Å². The van der Waals surface area contributed by atoms with Gasteiger partial charge in [0.15, 0.2) is 0 Å². The van der Waals surface area contributed by atoms with Crippen molar-refractivity contribution in [3.63, 3.8) is 0 Å². The monoisotopic (exact) mass is 282 g/mol. The third kappa shape index (κ3) is 5.00. The number of rotatable bonds is 7. The highest BCUT2D eigenvalue weighted by Crippen LogP contribution is 2.17. The molecule has 19 heavy (non-hydrogen) atoms. The molecular weight excluding hydrogens is 264 g/mol. The van der Waals surface area contributed by atoms with E-state index in [1.165, 1.54) is 36.0 Å². The predicted octanol–water partition coefficient (Wildman–Crippen LogP) is 2.81. The van der Waals surface area contributed by atoms with Crippen molar-refractivity contribution >= 4 is 22.6 Å². The number of nitro benzene ring substituents is 1. The molecule has 0 unspecified atom stereocenters. The van der Waals surface area contributed by atoms with E-state index in [0.29, 0.717) is 5.56 Å². The van der Waals surface area contributed by atoms with Crippen LogP contribution in [-0.2, 0) is 0 Å². The van der Waals surface area contributed by atoms with Crippen LogP contribution in [0.1, 0.15) is 24.2 Å². The summed E-state index contributed by atoms with van der Waals surface area (Å²) in [5.74, 6) is 0.734. The zero-order chi connectivity index (χ0) is 14.3. The second kappa shape index (κ2) is 7.91. The van der Waals surface area contributed by atoms with E-state index in [2.05, 4.69) is 18.7 Å². The molecule has 0 heterocycles. The zero-order valence-electron chi connectivity index (χ0n) is 11.2. The lowest BCUT2D eigenvalue weighted by Crippen LogP contribution is -2.25. The summed E-state index contributed by atoms with van der Waals surface area (Å²) in [6, 6.07) is 5.73. The summed E-state index contributed by atoms with van der Waals surface area (Å²) in [6.45, 7) is 7.00. The highest BCUT2D eigenvalue weighted by molar-refractivity contribution is 8.14. The maximum Gasteiger partial charge on any atom is 0.269 e. The second-order valence-electron chi connectivity index (χ2n) is 3.97. The van der Waals surface area contributed by atoms with Gasteiger partial charge < -0.3 is 4.90 Å². The molecule has 0 radical (unpaired) electrons. The van der Waals surface area contributed by atoms with Gasteiger partial charge >= 0.3 is 0 Å². The Balaban J connectivity index is 2.47. The molecule has 1 rings (SSSR count). The van der Waals surface area contributed by atoms with Crippen LogP contribution in [0, 0.1) is 10.1 Å². The predicted molar refractivity (Wildman–Crippen MR) is 77.7 cm³/mol. The van der Waals surface area contributed by atoms with Gasteiger partial charge in [-0.05, 0) is 25.2 Å². The van der Waals surface area contributed by atoms with E-state index in [1.807, 2.05) is 0 Å². The molecule has 0 saturated heterocycles. The molecule has 0 fully saturated rings. The largest absolute Gasteiger partial charge is 0.303 e. The average Bonchev–Trinajstić information content (AvgIpc) is 2.43. The molecule has 0 atom stereocenters. The Morgan fingerprint density at radius 2 is 1.84 bits per heavy atom. The number of nitrogens with zero attached hydrogens (tertiary/aromatic N) is 2. The summed E-state index contributed by atoms with van der Waals surface area (Å²) in [5, 5.41) is 10.5. The maximum atomic E-state index is 11.9. The quantitative estimate of drug-likeness (QED) is 0.568. The molecule has 0 bridgehead atoms. The molecule has 104 valence electrons. The van der Waals surface area contributed by atoms with Crippen molar-refractivity contribution in [1.29, 1.82) is 0 Å². The Morgan fingerprint density at radius 3 is 2.32 bits per heavy atom. The molecule has 0 N–H and O–H groups in total. The highest BCUT2D eigenvalue weighted by Gasteiger charge is 2.10. The fourth-order valence-corrected chi connectivity index (χ4v) is 2.45. The number of hydrogen-bond acceptors (Lipinski definition) is 5. The molecular formula is C13H18N2O3S. The molecule has 0 aliphatic carbocycles. The Hall–Kier alpha value is -1.40. The summed E-state index contributed by atoms with van der Waals surface area (Å²) in [6.07, 6.45) is 0. The smallest absolute Gasteiger partial charge is 0.269 e. The SMILES string of the molecule is CCN(CC)CCSC(=O)c1ccc([N+](=O)[O-])cc1. The number of thioether (sulfide) groups is 1. The fourth-order valence-electron chi connectivity index (χ4n) is 1.61. The molecule has 0 aliphatic heterocycles. The first kappa shape index (κ1) is 15.7. The Kier molecular flexibility index (Phi) is 6.52. The summed E-state index contributed by atoms with van der Waals surface area (Å²) >= 11 is 1.25. The Labute approximate surface area is 117 Å². The Bertz CT molecular complexity index is 430. The molecule has 0 spiro atoms. The van der Waals surface area contributed by atoms with Crippen LogP contribution in [0.2, 0.25) is 0 Å². The van der Waals surface area contributed by atoms with Gasteiger partial charge in [-0.15, -0.1) is 0 Å². The lowest BCUT2D eigenvalue weighted by molar-refractivity contribution is -0.384. The van der Waals surface area contributed by atoms with Crippen LogP contribution in [0.25, 0.3) is 0 Å². The van der Waals surface area contributed by atoms with Gasteiger partial charge in [-0.25, -0.2) is 0 Å². The van der Waals surface area contributed by atoms with Crippen LogP contribution in [-0.4, -0.2) is 40.3 Å². The standard InChI is InChI=1S/C13H18N2O3S/c1-3-14(4-2)9-10-19-13(16)11-5-7-12(8-6-11)15(17)18/h5-8H,3-4,9-10H2,1-2H3. The molecule has 0 amide bonds. The maximum absolute atomic E-state index is 11.9. The Morgan fingerprint density at radius 1 is 1.26 bits per heavy atom. The lowest BCUT2D eigenvalue weighted by atomic mass is 10.2. The fraction of sp³-hybridized carbons (Fsp3) is 0.462. The summed E-state index contributed by atoms with van der Waals surface area (Å²) in [5.41, 5.74) is 0.514. The van der Waals surface area contributed by atoms with Gasteiger partial charge in [0.2, 0.25) is 5.12 Å². The molecule has 0 saturated carbocycles. The summed E-state index contributed by atoms with van der Waals surface area (Å²) in [7, 11) is 0. The van der Waals surface area contributed by atoms with Crippen LogP contribution in [0.3, 0.4) is 0 Å². The van der Waals surface area contributed by atoms with Gasteiger partial charge in [-0.1, -0.05) is 25.6 Å². The van der Waals surface area contributed by atoms with E-state index in [1.54, 1.807) is 0 Å². The van der Waals surface area contributed by atoms with Gasteiger partial charge in [0.05, 0.1) is 4.92 Å². The van der Waals surface area contributed by atoms with E-state index in [9.17, 15) is 14.9 Å². The summed E-state index contributed by atoms with van der Waals surface area (Å²) in [4.78, 5) is 24.1. The molecule has 5 nitrogen and oxygen atoms in total. The van der Waals surface area contributed by atoms with E-state index in [4.69, 9.17) is 0 Å². The van der Waals surface area contributed by atoms with Crippen LogP contribution >= 0.6 is 11.8 Å². The first-order valence-electron chi connectivity index (χ1n) is 6.22. The van der Waals surface area contributed by atoms with Crippen LogP contribution in [0.5, 0.6) is 0 Å². The average molecular weight is 282 g/mol. The van der Waals surface area contributed by atoms with Crippen molar-refractivity contribution in [3.05, 3.63) is 39.9 Å². The first-order valence-corrected chi connectivity index (χ1v) is 7.21. The van der Waals surface area contributed by atoms with Crippen LogP contribution in [0.4, 0.5) is 5.69 Å². The minimum atomic E-state index is -0.470. The molecule has 1 aromatic carbocycles. The van der Waals surface area contributed by atoms with E-state index >= 15 is 0 Å². The van der Waals surface area contributed by atoms with Crippen molar-refractivity contribution in [2.45, 2.75) is 13.8 Å². The van der Waals surface area contributed by atoms with E-state index < -0.39 is 4.92 Å². The summed E-state index contributed by atoms with van der Waals surface area (Å²) < 4.78 is 0. The number of carbonyl (C=O) groups is 1. The van der Waals surface area contributed by atoms with E-state index in [-0.39, 0.29) is 10.8 Å². The van der Waals surface area contributed by atoms with Gasteiger partial charge in [-0.3, -0.25) is 14.9 Å². The van der Waals surface area contributed by atoms with Crippen molar-refractivity contribution in [1.82, 2.24) is 4.90 Å². The van der Waals surface area contributed by atoms with E-state index in [0.717, 1.165) is 25.4 Å². The number of benzene rings is 1. The number of non-ortho nitro benzene ring substituents is 1. The normalized spacial score (nSPS) is 10.7. The van der Waals surface area contributed by atoms with Crippen molar-refractivity contribution < 1.29 is 9.72 Å². The number of nitro groups is 1. The highest BCUT2D eigenvalue weighted by atomic mass is 32.2. The van der Waals surface area contributed by atoms with Gasteiger partial charge in [0.25, 0.3) is 5.69 Å². The van der Waals surface area contributed by atoms with Gasteiger partial charge in [0, 0.05) is 30.0 Å². The van der Waals surface area contributed by atoms with Gasteiger partial charge in [0.1, 0.15) is 0 Å². The first-order chi connectivity index (χ1) is 9.08. The minimum absolute atomic E-state index is 0.00434. The molecule has 0 aliphatic rings. The zero-order valence-corrected chi connectivity index (χ0v) is 12.0. The van der Waals surface area contributed by atoms with Crippen molar-refractivity contribution in [3.8, 4) is 0 Å². The number of hydrogen-bond donors (Lipinski definition) is 0. The molecule has 6 heteroatoms. The minimum Gasteiger partial charge on any atom is -0.303 e. The third-order valence-electron chi connectivity index (χ3n) is 2.85. The molecule has 1 aromatic rings. The van der Waals surface area contributed by atoms with Crippen molar-refractivity contribution in [2.75, 3.05) is 25.4 Å². The second-order valence-corrected chi connectivity index (χ2v) is 5.03. The number of carbonyl (C=O) groups excluding carboxylic acids is 1. The third-order valence-corrected chi connectivity index (χ3v) is 3.73. The van der Waals surface area contributed by atoms with Crippen LogP contribution < -0.4 is 0 Å². The van der Waals surface area contributed by atoms with Crippen LogP contribution in [0.15, 0.2) is 24.3 Å².